The molecule has 2 aromatic carbocycles. The van der Waals surface area contributed by atoms with Crippen LogP contribution in [-0.2, 0) is 12.8 Å². The average molecular weight is 318 g/mol. The molecule has 0 amide bonds. The van der Waals surface area contributed by atoms with Gasteiger partial charge in [0.1, 0.15) is 0 Å². The molecule has 4 aromatic rings. The number of hydrogen-bond donors (Lipinski definition) is 2. The van der Waals surface area contributed by atoms with Crippen LogP contribution < -0.4 is 5.73 Å². The Morgan fingerprint density at radius 3 is 2.71 bits per heavy atom. The van der Waals surface area contributed by atoms with Crippen molar-refractivity contribution in [3.63, 3.8) is 0 Å². The minimum Gasteiger partial charge on any atom is -0.361 e. The third-order valence-electron chi connectivity index (χ3n) is 4.12. The maximum atomic E-state index is 6.27. The van der Waals surface area contributed by atoms with Crippen molar-refractivity contribution >= 4 is 10.9 Å². The average Bonchev–Trinajstić information content (AvgIpc) is 3.24. The van der Waals surface area contributed by atoms with Crippen LogP contribution >= 0.6 is 0 Å². The van der Waals surface area contributed by atoms with Gasteiger partial charge in [-0.2, -0.15) is 4.98 Å². The zero-order valence-electron chi connectivity index (χ0n) is 13.1. The minimum atomic E-state index is -0.318. The number of para-hydroxylation sites is 1. The van der Waals surface area contributed by atoms with E-state index in [4.69, 9.17) is 10.3 Å². The van der Waals surface area contributed by atoms with E-state index in [-0.39, 0.29) is 6.04 Å². The van der Waals surface area contributed by atoms with E-state index in [9.17, 15) is 0 Å². The largest absolute Gasteiger partial charge is 0.361 e. The van der Waals surface area contributed by atoms with Gasteiger partial charge in [-0.05, 0) is 23.6 Å². The van der Waals surface area contributed by atoms with E-state index in [2.05, 4.69) is 27.3 Å². The highest BCUT2D eigenvalue weighted by Crippen LogP contribution is 2.22. The molecular weight excluding hydrogens is 300 g/mol. The van der Waals surface area contributed by atoms with Gasteiger partial charge in [0.25, 0.3) is 0 Å². The highest BCUT2D eigenvalue weighted by molar-refractivity contribution is 5.83. The second kappa shape index (κ2) is 6.29. The fourth-order valence-electron chi connectivity index (χ4n) is 2.89. The van der Waals surface area contributed by atoms with E-state index >= 15 is 0 Å². The number of rotatable bonds is 5. The molecule has 1 atom stereocenters. The summed E-state index contributed by atoms with van der Waals surface area (Å²) < 4.78 is 5.36. The van der Waals surface area contributed by atoms with Gasteiger partial charge in [0.2, 0.25) is 5.89 Å². The first kappa shape index (κ1) is 14.7. The lowest BCUT2D eigenvalue weighted by molar-refractivity contribution is 0.351. The number of aromatic nitrogens is 3. The standard InChI is InChI=1S/C19H18N4O/c20-16(11-14-12-21-17-9-5-4-8-15(14)17)19-22-18(23-24-19)10-13-6-2-1-3-7-13/h1-9,12,16,21H,10-11,20H2. The van der Waals surface area contributed by atoms with Crippen LogP contribution in [0.4, 0.5) is 0 Å². The predicted molar refractivity (Wildman–Crippen MR) is 92.5 cm³/mol. The van der Waals surface area contributed by atoms with Crippen molar-refractivity contribution in [3.8, 4) is 0 Å². The molecule has 0 bridgehead atoms. The number of benzene rings is 2. The van der Waals surface area contributed by atoms with Gasteiger partial charge in [-0.3, -0.25) is 0 Å². The Balaban J connectivity index is 1.50. The van der Waals surface area contributed by atoms with Gasteiger partial charge < -0.3 is 15.2 Å². The lowest BCUT2D eigenvalue weighted by Gasteiger charge is -2.05. The smallest absolute Gasteiger partial charge is 0.243 e. The molecule has 120 valence electrons. The van der Waals surface area contributed by atoms with Crippen molar-refractivity contribution < 1.29 is 4.52 Å². The lowest BCUT2D eigenvalue weighted by atomic mass is 10.1. The van der Waals surface area contributed by atoms with Gasteiger partial charge in [-0.1, -0.05) is 53.7 Å². The van der Waals surface area contributed by atoms with Crippen molar-refractivity contribution in [2.24, 2.45) is 5.73 Å². The summed E-state index contributed by atoms with van der Waals surface area (Å²) in [5, 5.41) is 5.23. The van der Waals surface area contributed by atoms with Crippen LogP contribution in [-0.4, -0.2) is 15.1 Å². The molecule has 0 aliphatic heterocycles. The van der Waals surface area contributed by atoms with Crippen LogP contribution in [0, 0.1) is 0 Å². The number of hydrogen-bond acceptors (Lipinski definition) is 4. The van der Waals surface area contributed by atoms with Crippen LogP contribution in [0.5, 0.6) is 0 Å². The molecule has 0 radical (unpaired) electrons. The van der Waals surface area contributed by atoms with Crippen molar-refractivity contribution in [3.05, 3.63) is 83.6 Å². The maximum absolute atomic E-state index is 6.27. The van der Waals surface area contributed by atoms with Gasteiger partial charge in [-0.15, -0.1) is 0 Å². The summed E-state index contributed by atoms with van der Waals surface area (Å²) in [6.45, 7) is 0. The van der Waals surface area contributed by atoms with Crippen LogP contribution in [0.3, 0.4) is 0 Å². The summed E-state index contributed by atoms with van der Waals surface area (Å²) in [4.78, 5) is 7.71. The Labute approximate surface area is 139 Å². The first-order valence-corrected chi connectivity index (χ1v) is 7.96. The Kier molecular flexibility index (Phi) is 3.84. The van der Waals surface area contributed by atoms with Crippen molar-refractivity contribution in [1.29, 1.82) is 0 Å². The lowest BCUT2D eigenvalue weighted by Crippen LogP contribution is -2.13. The van der Waals surface area contributed by atoms with Crippen LogP contribution in [0.25, 0.3) is 10.9 Å². The van der Waals surface area contributed by atoms with Crippen LogP contribution in [0.1, 0.15) is 28.9 Å². The number of fused-ring (bicyclic) bond motifs is 1. The third kappa shape index (κ3) is 2.94. The Bertz CT molecular complexity index is 942. The molecule has 5 nitrogen and oxygen atoms in total. The van der Waals surface area contributed by atoms with E-state index < -0.39 is 0 Å². The molecule has 24 heavy (non-hydrogen) atoms. The van der Waals surface area contributed by atoms with Gasteiger partial charge in [-0.25, -0.2) is 0 Å². The maximum Gasteiger partial charge on any atom is 0.243 e. The highest BCUT2D eigenvalue weighted by atomic mass is 16.5. The third-order valence-corrected chi connectivity index (χ3v) is 4.12. The number of H-pyrrole nitrogens is 1. The topological polar surface area (TPSA) is 80.7 Å². The van der Waals surface area contributed by atoms with Gasteiger partial charge in [0.15, 0.2) is 5.82 Å². The predicted octanol–water partition coefficient (Wildman–Crippen LogP) is 3.38. The van der Waals surface area contributed by atoms with Crippen molar-refractivity contribution in [2.75, 3.05) is 0 Å². The van der Waals surface area contributed by atoms with Gasteiger partial charge in [0.05, 0.1) is 6.04 Å². The fraction of sp³-hybridized carbons (Fsp3) is 0.158. The number of aromatic amines is 1. The summed E-state index contributed by atoms with van der Waals surface area (Å²) in [6, 6.07) is 17.9. The van der Waals surface area contributed by atoms with Crippen molar-refractivity contribution in [1.82, 2.24) is 15.1 Å². The summed E-state index contributed by atoms with van der Waals surface area (Å²) in [6.07, 6.45) is 3.28. The number of nitrogens with one attached hydrogen (secondary N) is 1. The van der Waals surface area contributed by atoms with E-state index in [1.54, 1.807) is 0 Å². The molecule has 2 heterocycles. The Morgan fingerprint density at radius 2 is 1.83 bits per heavy atom. The number of nitrogens with two attached hydrogens (primary N) is 1. The normalized spacial score (nSPS) is 12.5. The SMILES string of the molecule is NC(Cc1c[nH]c2ccccc12)c1nc(Cc2ccccc2)no1. The molecular formula is C19H18N4O. The monoisotopic (exact) mass is 318 g/mol. The van der Waals surface area contributed by atoms with E-state index in [1.807, 2.05) is 48.7 Å². The molecule has 5 heteroatoms. The molecule has 0 aliphatic carbocycles. The molecule has 0 fully saturated rings. The van der Waals surface area contributed by atoms with E-state index in [0.29, 0.717) is 24.6 Å². The van der Waals surface area contributed by atoms with Gasteiger partial charge >= 0.3 is 0 Å². The Hall–Kier alpha value is -2.92. The second-order valence-electron chi connectivity index (χ2n) is 5.88. The summed E-state index contributed by atoms with van der Waals surface area (Å²) in [5.41, 5.74) is 9.68. The van der Waals surface area contributed by atoms with Crippen LogP contribution in [0.2, 0.25) is 0 Å². The van der Waals surface area contributed by atoms with E-state index in [1.165, 1.54) is 5.39 Å². The quantitative estimate of drug-likeness (QED) is 0.591. The zero-order chi connectivity index (χ0) is 16.4. The summed E-state index contributed by atoms with van der Waals surface area (Å²) in [7, 11) is 0. The second-order valence-corrected chi connectivity index (χ2v) is 5.88. The molecule has 3 N–H and O–H groups in total. The number of nitrogens with zero attached hydrogens (tertiary/aromatic N) is 2. The molecule has 1 unspecified atom stereocenters. The fourth-order valence-corrected chi connectivity index (χ4v) is 2.89. The molecule has 0 aliphatic rings. The van der Waals surface area contributed by atoms with Crippen molar-refractivity contribution in [2.45, 2.75) is 18.9 Å². The van der Waals surface area contributed by atoms with E-state index in [0.717, 1.165) is 16.6 Å². The first-order chi connectivity index (χ1) is 11.8. The van der Waals surface area contributed by atoms with Crippen LogP contribution in [0.15, 0.2) is 65.3 Å². The summed E-state index contributed by atoms with van der Waals surface area (Å²) >= 11 is 0. The Morgan fingerprint density at radius 1 is 1.04 bits per heavy atom. The zero-order valence-corrected chi connectivity index (χ0v) is 13.1. The highest BCUT2D eigenvalue weighted by Gasteiger charge is 2.17. The van der Waals surface area contributed by atoms with Gasteiger partial charge in [0, 0.05) is 23.5 Å². The molecule has 4 rings (SSSR count). The minimum absolute atomic E-state index is 0.318. The molecule has 0 spiro atoms. The molecule has 0 saturated carbocycles. The first-order valence-electron chi connectivity index (χ1n) is 7.96. The summed E-state index contributed by atoms with van der Waals surface area (Å²) in [5.74, 6) is 1.14. The molecule has 2 aromatic heterocycles. The molecule has 0 saturated heterocycles.